The number of furan rings is 1. The molecule has 0 unspecified atom stereocenters. The molecule has 1 aromatic carbocycles. The number of nitrogens with one attached hydrogen (secondary N) is 1. The van der Waals surface area contributed by atoms with E-state index in [1.54, 1.807) is 61.1 Å². The highest BCUT2D eigenvalue weighted by molar-refractivity contribution is 6.31. The van der Waals surface area contributed by atoms with Gasteiger partial charge < -0.3 is 14.5 Å². The Morgan fingerprint density at radius 3 is 2.62 bits per heavy atom. The van der Waals surface area contributed by atoms with Crippen molar-refractivity contribution >= 4 is 23.5 Å². The summed E-state index contributed by atoms with van der Waals surface area (Å²) >= 11 is 6.13. The van der Waals surface area contributed by atoms with E-state index in [1.807, 2.05) is 12.1 Å². The first-order valence-corrected chi connectivity index (χ1v) is 9.18. The number of esters is 1. The number of halogens is 1. The Balaban J connectivity index is 1.68. The number of hydrogen-bond acceptors (Lipinski definition) is 5. The van der Waals surface area contributed by atoms with E-state index in [0.29, 0.717) is 5.02 Å². The van der Waals surface area contributed by atoms with E-state index in [2.05, 4.69) is 5.32 Å². The quantitative estimate of drug-likeness (QED) is 0.619. The van der Waals surface area contributed by atoms with Crippen LogP contribution in [0.4, 0.5) is 0 Å². The van der Waals surface area contributed by atoms with E-state index >= 15 is 0 Å². The van der Waals surface area contributed by atoms with E-state index in [1.165, 1.54) is 0 Å². The average molecular weight is 412 g/mol. The highest BCUT2D eigenvalue weighted by atomic mass is 35.5. The average Bonchev–Trinajstić information content (AvgIpc) is 3.33. The molecule has 3 aromatic rings. The third-order valence-corrected chi connectivity index (χ3v) is 4.65. The van der Waals surface area contributed by atoms with Gasteiger partial charge in [-0.15, -0.1) is 0 Å². The lowest BCUT2D eigenvalue weighted by Crippen LogP contribution is -2.31. The summed E-state index contributed by atoms with van der Waals surface area (Å²) in [4.78, 5) is 24.7. The van der Waals surface area contributed by atoms with Gasteiger partial charge in [-0.2, -0.15) is 5.26 Å². The van der Waals surface area contributed by atoms with Crippen LogP contribution in [0.15, 0.2) is 53.2 Å². The first kappa shape index (κ1) is 20.2. The standard InChI is InChI=1S/C21H18ClN3O4/c1-13(15-7-3-4-8-17(15)22)24-18(26)12-28-21(27)19-14(2)29-20(16(19)11-23)25-9-5-6-10-25/h3-10,13H,12H2,1-2H3,(H,24,26)/t13-/m0/s1. The summed E-state index contributed by atoms with van der Waals surface area (Å²) in [5.41, 5.74) is 0.805. The number of aryl methyl sites for hydroxylation is 1. The molecular formula is C21H18ClN3O4. The molecule has 29 heavy (non-hydrogen) atoms. The molecule has 7 nitrogen and oxygen atoms in total. The molecule has 0 aliphatic heterocycles. The van der Waals surface area contributed by atoms with Crippen LogP contribution in [-0.2, 0) is 9.53 Å². The number of carbonyl (C=O) groups excluding carboxylic acids is 2. The van der Waals surface area contributed by atoms with Gasteiger partial charge >= 0.3 is 5.97 Å². The summed E-state index contributed by atoms with van der Waals surface area (Å²) in [6.45, 7) is 2.84. The van der Waals surface area contributed by atoms with Crippen LogP contribution in [-0.4, -0.2) is 23.1 Å². The summed E-state index contributed by atoms with van der Waals surface area (Å²) < 4.78 is 12.3. The van der Waals surface area contributed by atoms with Gasteiger partial charge in [0.2, 0.25) is 5.88 Å². The van der Waals surface area contributed by atoms with Crippen molar-refractivity contribution in [3.8, 4) is 12.0 Å². The minimum Gasteiger partial charge on any atom is -0.452 e. The van der Waals surface area contributed by atoms with Crippen LogP contribution in [0.5, 0.6) is 0 Å². The number of amides is 1. The molecule has 1 amide bonds. The third-order valence-electron chi connectivity index (χ3n) is 4.30. The highest BCUT2D eigenvalue weighted by Gasteiger charge is 2.26. The van der Waals surface area contributed by atoms with E-state index in [4.69, 9.17) is 20.8 Å². The molecule has 3 rings (SSSR count). The fourth-order valence-corrected chi connectivity index (χ4v) is 3.22. The van der Waals surface area contributed by atoms with Crippen molar-refractivity contribution in [2.24, 2.45) is 0 Å². The number of benzene rings is 1. The first-order chi connectivity index (χ1) is 13.9. The Morgan fingerprint density at radius 1 is 1.28 bits per heavy atom. The van der Waals surface area contributed by atoms with Crippen molar-refractivity contribution in [3.63, 3.8) is 0 Å². The monoisotopic (exact) mass is 411 g/mol. The normalized spacial score (nSPS) is 11.5. The number of nitrogens with zero attached hydrogens (tertiary/aromatic N) is 2. The summed E-state index contributed by atoms with van der Waals surface area (Å²) in [5, 5.41) is 12.7. The number of hydrogen-bond donors (Lipinski definition) is 1. The maximum atomic E-state index is 12.5. The van der Waals surface area contributed by atoms with Crippen LogP contribution in [0.2, 0.25) is 5.02 Å². The van der Waals surface area contributed by atoms with Crippen LogP contribution in [0, 0.1) is 18.3 Å². The van der Waals surface area contributed by atoms with Crippen molar-refractivity contribution < 1.29 is 18.7 Å². The molecule has 1 N–H and O–H groups in total. The molecule has 2 heterocycles. The van der Waals surface area contributed by atoms with Crippen LogP contribution >= 0.6 is 11.6 Å². The molecule has 0 aliphatic carbocycles. The molecule has 0 saturated carbocycles. The Kier molecular flexibility index (Phi) is 6.05. The lowest BCUT2D eigenvalue weighted by Gasteiger charge is -2.15. The van der Waals surface area contributed by atoms with Crippen LogP contribution < -0.4 is 5.32 Å². The lowest BCUT2D eigenvalue weighted by atomic mass is 10.1. The zero-order valence-electron chi connectivity index (χ0n) is 15.8. The zero-order chi connectivity index (χ0) is 21.0. The number of ether oxygens (including phenoxy) is 1. The molecule has 148 valence electrons. The number of rotatable bonds is 6. The second kappa shape index (κ2) is 8.67. The second-order valence-electron chi connectivity index (χ2n) is 6.30. The molecule has 8 heteroatoms. The second-order valence-corrected chi connectivity index (χ2v) is 6.71. The van der Waals surface area contributed by atoms with Crippen molar-refractivity contribution in [2.45, 2.75) is 19.9 Å². The Labute approximate surface area is 172 Å². The maximum absolute atomic E-state index is 12.5. The number of nitriles is 1. The molecule has 0 spiro atoms. The predicted molar refractivity (Wildman–Crippen MR) is 106 cm³/mol. The summed E-state index contributed by atoms with van der Waals surface area (Å²) in [5.74, 6) is -0.836. The molecule has 0 fully saturated rings. The van der Waals surface area contributed by atoms with Crippen molar-refractivity contribution in [1.82, 2.24) is 9.88 Å². The predicted octanol–water partition coefficient (Wildman–Crippen LogP) is 3.94. The van der Waals surface area contributed by atoms with Gasteiger partial charge in [-0.05, 0) is 37.6 Å². The number of carbonyl (C=O) groups is 2. The van der Waals surface area contributed by atoms with Gasteiger partial charge in [0.25, 0.3) is 5.91 Å². The van der Waals surface area contributed by atoms with E-state index < -0.39 is 18.5 Å². The Bertz CT molecular complexity index is 1080. The largest absolute Gasteiger partial charge is 0.452 e. The van der Waals surface area contributed by atoms with Gasteiger partial charge in [0, 0.05) is 17.4 Å². The minimum absolute atomic E-state index is 0.00292. The molecule has 0 bridgehead atoms. The van der Waals surface area contributed by atoms with Crippen LogP contribution in [0.25, 0.3) is 5.88 Å². The van der Waals surface area contributed by atoms with Crippen molar-refractivity contribution in [3.05, 3.63) is 76.3 Å². The van der Waals surface area contributed by atoms with Gasteiger partial charge in [0.15, 0.2) is 6.61 Å². The molecular weight excluding hydrogens is 394 g/mol. The molecule has 1 atom stereocenters. The fourth-order valence-electron chi connectivity index (χ4n) is 2.92. The maximum Gasteiger partial charge on any atom is 0.343 e. The number of aromatic nitrogens is 1. The fraction of sp³-hybridized carbons (Fsp3) is 0.190. The third kappa shape index (κ3) is 4.33. The van der Waals surface area contributed by atoms with E-state index in [9.17, 15) is 14.9 Å². The van der Waals surface area contributed by atoms with Crippen LogP contribution in [0.1, 0.15) is 40.2 Å². The highest BCUT2D eigenvalue weighted by Crippen LogP contribution is 2.26. The Morgan fingerprint density at radius 2 is 1.97 bits per heavy atom. The lowest BCUT2D eigenvalue weighted by molar-refractivity contribution is -0.124. The first-order valence-electron chi connectivity index (χ1n) is 8.80. The van der Waals surface area contributed by atoms with E-state index in [-0.39, 0.29) is 28.8 Å². The molecule has 0 aliphatic rings. The Hall–Kier alpha value is -3.50. The zero-order valence-corrected chi connectivity index (χ0v) is 16.6. The summed E-state index contributed by atoms with van der Waals surface area (Å²) in [7, 11) is 0. The van der Waals surface area contributed by atoms with Gasteiger partial charge in [0.05, 0.1) is 6.04 Å². The molecule has 0 radical (unpaired) electrons. The minimum atomic E-state index is -0.804. The van der Waals surface area contributed by atoms with Gasteiger partial charge in [-0.3, -0.25) is 9.36 Å². The topological polar surface area (TPSA) is 97.3 Å². The van der Waals surface area contributed by atoms with E-state index in [0.717, 1.165) is 5.56 Å². The van der Waals surface area contributed by atoms with Gasteiger partial charge in [0.1, 0.15) is 23.0 Å². The smallest absolute Gasteiger partial charge is 0.343 e. The van der Waals surface area contributed by atoms with Crippen LogP contribution in [0.3, 0.4) is 0 Å². The summed E-state index contributed by atoms with van der Waals surface area (Å²) in [6.07, 6.45) is 3.38. The molecule has 0 saturated heterocycles. The van der Waals surface area contributed by atoms with Crippen molar-refractivity contribution in [1.29, 1.82) is 5.26 Å². The SMILES string of the molecule is Cc1oc(-n2cccc2)c(C#N)c1C(=O)OCC(=O)N[C@@H](C)c1ccccc1Cl. The molecule has 2 aromatic heterocycles. The summed E-state index contributed by atoms with van der Waals surface area (Å²) in [6, 6.07) is 12.3. The van der Waals surface area contributed by atoms with Crippen molar-refractivity contribution in [2.75, 3.05) is 6.61 Å². The van der Waals surface area contributed by atoms with Gasteiger partial charge in [-0.25, -0.2) is 4.79 Å². The van der Waals surface area contributed by atoms with Gasteiger partial charge in [-0.1, -0.05) is 29.8 Å².